The Morgan fingerprint density at radius 2 is 2.10 bits per heavy atom. The molecular formula is C15H16ClNO3. The normalized spacial score (nSPS) is 20.0. The zero-order chi connectivity index (χ0) is 14.7. The van der Waals surface area contributed by atoms with Crippen LogP contribution in [0.15, 0.2) is 18.2 Å². The molecule has 1 unspecified atom stereocenters. The van der Waals surface area contributed by atoms with Crippen LogP contribution in [-0.4, -0.2) is 23.9 Å². The van der Waals surface area contributed by atoms with E-state index in [1.165, 1.54) is 6.92 Å². The van der Waals surface area contributed by atoms with E-state index in [0.29, 0.717) is 29.1 Å². The number of fused-ring (bicyclic) bond motifs is 1. The van der Waals surface area contributed by atoms with Gasteiger partial charge < -0.3 is 5.32 Å². The highest BCUT2D eigenvalue weighted by Crippen LogP contribution is 2.28. The number of hydrogen-bond acceptors (Lipinski definition) is 4. The van der Waals surface area contributed by atoms with Crippen molar-refractivity contribution in [3.05, 3.63) is 28.8 Å². The van der Waals surface area contributed by atoms with Crippen LogP contribution < -0.4 is 5.32 Å². The van der Waals surface area contributed by atoms with Crippen molar-refractivity contribution in [2.24, 2.45) is 5.92 Å². The van der Waals surface area contributed by atoms with Crippen LogP contribution in [0.2, 0.25) is 5.02 Å². The second kappa shape index (κ2) is 6.18. The number of carbonyl (C=O) groups excluding carboxylic acids is 3. The molecule has 0 fully saturated rings. The molecule has 4 nitrogen and oxygen atoms in total. The quantitative estimate of drug-likeness (QED) is 0.809. The Kier molecular flexibility index (Phi) is 4.55. The average Bonchev–Trinajstić information content (AvgIpc) is 2.39. The minimum atomic E-state index is -0.615. The maximum Gasteiger partial charge on any atom is 0.166 e. The van der Waals surface area contributed by atoms with Crippen LogP contribution in [0.3, 0.4) is 0 Å². The van der Waals surface area contributed by atoms with Crippen LogP contribution in [0.5, 0.6) is 0 Å². The van der Waals surface area contributed by atoms with Gasteiger partial charge in [0.2, 0.25) is 0 Å². The number of halogens is 1. The van der Waals surface area contributed by atoms with Crippen LogP contribution in [0.1, 0.15) is 36.5 Å². The standard InChI is InChI=1S/C15H16ClNO3/c1-9(18)10-4-2-7-13(19)15-11(16)5-3-6-12(15)17-8-14(10)20/h3,5-6,10,17H,2,4,7-8H2,1H3. The monoisotopic (exact) mass is 293 g/mol. The predicted octanol–water partition coefficient (Wildman–Crippen LogP) is 2.89. The molecule has 106 valence electrons. The highest BCUT2D eigenvalue weighted by atomic mass is 35.5. The minimum Gasteiger partial charge on any atom is -0.377 e. The maximum absolute atomic E-state index is 12.2. The fourth-order valence-corrected chi connectivity index (χ4v) is 2.72. The zero-order valence-corrected chi connectivity index (χ0v) is 12.0. The van der Waals surface area contributed by atoms with Crippen molar-refractivity contribution in [2.75, 3.05) is 11.9 Å². The van der Waals surface area contributed by atoms with Crippen LogP contribution >= 0.6 is 11.6 Å². The third-order valence-electron chi connectivity index (χ3n) is 3.52. The summed E-state index contributed by atoms with van der Waals surface area (Å²) in [7, 11) is 0. The number of hydrogen-bond donors (Lipinski definition) is 1. The van der Waals surface area contributed by atoms with Crippen molar-refractivity contribution in [3.63, 3.8) is 0 Å². The smallest absolute Gasteiger partial charge is 0.166 e. The number of carbonyl (C=O) groups is 3. The van der Waals surface area contributed by atoms with E-state index in [1.807, 2.05) is 0 Å². The van der Waals surface area contributed by atoms with E-state index in [2.05, 4.69) is 5.32 Å². The van der Waals surface area contributed by atoms with E-state index in [-0.39, 0.29) is 30.3 Å². The Bertz CT molecular complexity index is 568. The summed E-state index contributed by atoms with van der Waals surface area (Å²) >= 11 is 6.07. The van der Waals surface area contributed by atoms with Gasteiger partial charge in [-0.25, -0.2) is 0 Å². The Hall–Kier alpha value is -1.68. The summed E-state index contributed by atoms with van der Waals surface area (Å²) in [6.07, 6.45) is 1.22. The maximum atomic E-state index is 12.2. The van der Waals surface area contributed by atoms with Gasteiger partial charge in [-0.05, 0) is 31.9 Å². The molecule has 1 aromatic rings. The third-order valence-corrected chi connectivity index (χ3v) is 3.84. The highest BCUT2D eigenvalue weighted by Gasteiger charge is 2.25. The largest absolute Gasteiger partial charge is 0.377 e. The molecule has 20 heavy (non-hydrogen) atoms. The fraction of sp³-hybridized carbons (Fsp3) is 0.400. The van der Waals surface area contributed by atoms with Gasteiger partial charge in [0, 0.05) is 12.1 Å². The highest BCUT2D eigenvalue weighted by molar-refractivity contribution is 6.34. The van der Waals surface area contributed by atoms with Gasteiger partial charge in [-0.15, -0.1) is 0 Å². The minimum absolute atomic E-state index is 0.0326. The molecule has 0 saturated heterocycles. The lowest BCUT2D eigenvalue weighted by Crippen LogP contribution is -2.29. The molecule has 1 aromatic carbocycles. The third kappa shape index (κ3) is 3.07. The number of Topliss-reactive ketones (excluding diaryl/α,β-unsaturated/α-hetero) is 3. The summed E-state index contributed by atoms with van der Waals surface area (Å²) in [6.45, 7) is 1.45. The molecule has 1 N–H and O–H groups in total. The van der Waals surface area contributed by atoms with Gasteiger partial charge in [-0.1, -0.05) is 17.7 Å². The first-order valence-electron chi connectivity index (χ1n) is 6.59. The summed E-state index contributed by atoms with van der Waals surface area (Å²) in [5.41, 5.74) is 0.989. The number of rotatable bonds is 1. The van der Waals surface area contributed by atoms with Gasteiger partial charge in [0.05, 0.1) is 23.0 Å². The van der Waals surface area contributed by atoms with E-state index in [1.54, 1.807) is 18.2 Å². The second-order valence-corrected chi connectivity index (χ2v) is 5.37. The number of anilines is 1. The predicted molar refractivity (Wildman–Crippen MR) is 77.3 cm³/mol. The van der Waals surface area contributed by atoms with Crippen molar-refractivity contribution < 1.29 is 14.4 Å². The van der Waals surface area contributed by atoms with Crippen LogP contribution in [0, 0.1) is 5.92 Å². The fourth-order valence-electron chi connectivity index (χ4n) is 2.44. The van der Waals surface area contributed by atoms with Crippen LogP contribution in [-0.2, 0) is 9.59 Å². The molecule has 0 bridgehead atoms. The molecule has 0 amide bonds. The molecule has 0 saturated carbocycles. The number of benzene rings is 1. The van der Waals surface area contributed by atoms with Crippen LogP contribution in [0.4, 0.5) is 5.69 Å². The van der Waals surface area contributed by atoms with E-state index in [9.17, 15) is 14.4 Å². The van der Waals surface area contributed by atoms with E-state index in [0.717, 1.165) is 0 Å². The molecule has 0 aliphatic carbocycles. The van der Waals surface area contributed by atoms with Crippen molar-refractivity contribution in [1.82, 2.24) is 0 Å². The topological polar surface area (TPSA) is 63.2 Å². The zero-order valence-electron chi connectivity index (χ0n) is 11.2. The average molecular weight is 294 g/mol. The van der Waals surface area contributed by atoms with Gasteiger partial charge in [-0.2, -0.15) is 0 Å². The molecule has 1 aliphatic rings. The Morgan fingerprint density at radius 1 is 1.35 bits per heavy atom. The van der Waals surface area contributed by atoms with Gasteiger partial charge in [0.1, 0.15) is 5.78 Å². The van der Waals surface area contributed by atoms with E-state index < -0.39 is 5.92 Å². The summed E-state index contributed by atoms with van der Waals surface area (Å²) in [5.74, 6) is -0.959. The SMILES string of the molecule is CC(=O)C1CCCC(=O)c2c(Cl)cccc2NCC1=O. The first-order valence-corrected chi connectivity index (χ1v) is 6.97. The summed E-state index contributed by atoms with van der Waals surface area (Å²) in [4.78, 5) is 35.8. The van der Waals surface area contributed by atoms with E-state index in [4.69, 9.17) is 11.6 Å². The molecule has 1 aliphatic heterocycles. The van der Waals surface area contributed by atoms with Gasteiger partial charge >= 0.3 is 0 Å². The lowest BCUT2D eigenvalue weighted by atomic mass is 9.91. The summed E-state index contributed by atoms with van der Waals surface area (Å²) in [6, 6.07) is 5.10. The first-order chi connectivity index (χ1) is 9.50. The Labute approximate surface area is 122 Å². The number of nitrogens with one attached hydrogen (secondary N) is 1. The molecule has 1 heterocycles. The lowest BCUT2D eigenvalue weighted by Gasteiger charge is -2.18. The first kappa shape index (κ1) is 14.7. The molecule has 0 radical (unpaired) electrons. The van der Waals surface area contributed by atoms with Crippen molar-refractivity contribution in [2.45, 2.75) is 26.2 Å². The summed E-state index contributed by atoms with van der Waals surface area (Å²) in [5, 5.41) is 3.32. The molecule has 1 atom stereocenters. The van der Waals surface area contributed by atoms with E-state index >= 15 is 0 Å². The second-order valence-electron chi connectivity index (χ2n) is 4.96. The molecule has 0 spiro atoms. The molecule has 2 rings (SSSR count). The van der Waals surface area contributed by atoms with Crippen molar-refractivity contribution in [1.29, 1.82) is 0 Å². The lowest BCUT2D eigenvalue weighted by molar-refractivity contribution is -0.130. The molecule has 0 aromatic heterocycles. The van der Waals surface area contributed by atoms with Crippen LogP contribution in [0.25, 0.3) is 0 Å². The number of ketones is 3. The van der Waals surface area contributed by atoms with Crippen molar-refractivity contribution >= 4 is 34.6 Å². The van der Waals surface area contributed by atoms with Gasteiger partial charge in [-0.3, -0.25) is 14.4 Å². The molecule has 5 heteroatoms. The Morgan fingerprint density at radius 3 is 2.80 bits per heavy atom. The van der Waals surface area contributed by atoms with Crippen molar-refractivity contribution in [3.8, 4) is 0 Å². The van der Waals surface area contributed by atoms with Gasteiger partial charge in [0.15, 0.2) is 11.6 Å². The van der Waals surface area contributed by atoms with Gasteiger partial charge in [0.25, 0.3) is 0 Å². The molecular weight excluding hydrogens is 278 g/mol. The Balaban J connectivity index is 2.33. The summed E-state index contributed by atoms with van der Waals surface area (Å²) < 4.78 is 0.